The molecule has 0 saturated heterocycles. The van der Waals surface area contributed by atoms with Crippen LogP contribution in [0.25, 0.3) is 10.8 Å². The first-order chi connectivity index (χ1) is 21.7. The summed E-state index contributed by atoms with van der Waals surface area (Å²) < 4.78 is 5.56. The molecule has 0 spiro atoms. The number of phenols is 1. The van der Waals surface area contributed by atoms with E-state index in [1.165, 1.54) is 6.07 Å². The zero-order valence-corrected chi connectivity index (χ0v) is 27.8. The summed E-state index contributed by atoms with van der Waals surface area (Å²) in [5, 5.41) is 18.2. The van der Waals surface area contributed by atoms with Crippen molar-refractivity contribution in [1.29, 1.82) is 0 Å². The molecule has 8 heteroatoms. The number of hydrogen-bond donors (Lipinski definition) is 3. The summed E-state index contributed by atoms with van der Waals surface area (Å²) >= 11 is 0. The van der Waals surface area contributed by atoms with Gasteiger partial charge in [0, 0.05) is 17.6 Å². The molecule has 0 bridgehead atoms. The first-order valence-electron chi connectivity index (χ1n) is 15.6. The average molecular weight is 624 g/mol. The van der Waals surface area contributed by atoms with E-state index in [4.69, 9.17) is 4.74 Å². The number of aromatic hydroxyl groups is 1. The Bertz CT molecular complexity index is 1690. The first-order valence-corrected chi connectivity index (χ1v) is 15.6. The largest absolute Gasteiger partial charge is 0.508 e. The number of benzene rings is 4. The number of ether oxygens (including phenoxy) is 1. The molecule has 4 aromatic rings. The van der Waals surface area contributed by atoms with Crippen LogP contribution in [0.15, 0.2) is 91.0 Å². The molecule has 2 atom stereocenters. The van der Waals surface area contributed by atoms with E-state index in [1.54, 1.807) is 44.7 Å². The lowest BCUT2D eigenvalue weighted by molar-refractivity contribution is -0.147. The Balaban J connectivity index is 1.82. The topological polar surface area (TPSA) is 108 Å². The SMILES string of the molecule is CCC(C)(C)N(C(=O)C(Cc1ccccc1)NC(=O)OC(C)(C)C)C(C(=O)Nc1ccc2ccccc2c1)c1ccc(O)c(C)c1. The molecule has 3 N–H and O–H groups in total. The van der Waals surface area contributed by atoms with Gasteiger partial charge in [0.1, 0.15) is 23.4 Å². The number of nitrogens with zero attached hydrogens (tertiary/aromatic N) is 1. The Morgan fingerprint density at radius 1 is 0.848 bits per heavy atom. The summed E-state index contributed by atoms with van der Waals surface area (Å²) in [6.45, 7) is 12.8. The predicted molar refractivity (Wildman–Crippen MR) is 183 cm³/mol. The standard InChI is InChI=1S/C38H45N3O5/c1-8-38(6,7)41(35(44)31(23-26-14-10-9-11-15-26)40-36(45)46-37(3,4)5)33(29-19-21-32(42)25(2)22-29)34(43)39-30-20-18-27-16-12-13-17-28(27)24-30/h9-22,24,31,33,42H,8,23H2,1-7H3,(H,39,43)(H,40,45). The lowest BCUT2D eigenvalue weighted by atomic mass is 9.90. The second-order valence-electron chi connectivity index (χ2n) is 13.3. The second kappa shape index (κ2) is 14.1. The number of alkyl carbamates (subject to hydrolysis) is 1. The summed E-state index contributed by atoms with van der Waals surface area (Å²) in [7, 11) is 0. The van der Waals surface area contributed by atoms with Crippen molar-refractivity contribution >= 4 is 34.4 Å². The fourth-order valence-electron chi connectivity index (χ4n) is 5.36. The van der Waals surface area contributed by atoms with Crippen molar-refractivity contribution in [3.05, 3.63) is 108 Å². The number of fused-ring (bicyclic) bond motifs is 1. The van der Waals surface area contributed by atoms with E-state index in [0.29, 0.717) is 23.2 Å². The molecule has 8 nitrogen and oxygen atoms in total. The molecule has 4 rings (SSSR count). The van der Waals surface area contributed by atoms with Gasteiger partial charge in [-0.15, -0.1) is 0 Å². The number of hydrogen-bond acceptors (Lipinski definition) is 5. The van der Waals surface area contributed by atoms with E-state index >= 15 is 0 Å². The lowest BCUT2D eigenvalue weighted by Gasteiger charge is -2.44. The number of rotatable bonds is 10. The quantitative estimate of drug-likeness (QED) is 0.168. The van der Waals surface area contributed by atoms with Crippen molar-refractivity contribution in [1.82, 2.24) is 10.2 Å². The van der Waals surface area contributed by atoms with E-state index < -0.39 is 41.1 Å². The van der Waals surface area contributed by atoms with Gasteiger partial charge in [0.05, 0.1) is 0 Å². The Morgan fingerprint density at radius 2 is 1.50 bits per heavy atom. The number of carbonyl (C=O) groups excluding carboxylic acids is 3. The first kappa shape index (κ1) is 34.0. The average Bonchev–Trinajstić information content (AvgIpc) is 3.00. The van der Waals surface area contributed by atoms with Crippen LogP contribution in [0.5, 0.6) is 5.75 Å². The van der Waals surface area contributed by atoms with Crippen LogP contribution in [-0.4, -0.2) is 45.1 Å². The van der Waals surface area contributed by atoms with Crippen molar-refractivity contribution in [3.8, 4) is 5.75 Å². The molecule has 2 unspecified atom stereocenters. The third-order valence-electron chi connectivity index (χ3n) is 8.09. The maximum atomic E-state index is 14.9. The van der Waals surface area contributed by atoms with Gasteiger partial charge in [0.25, 0.3) is 5.91 Å². The van der Waals surface area contributed by atoms with Gasteiger partial charge in [0.15, 0.2) is 0 Å². The van der Waals surface area contributed by atoms with Crippen LogP contribution in [0.3, 0.4) is 0 Å². The Kier molecular flexibility index (Phi) is 10.4. The monoisotopic (exact) mass is 623 g/mol. The predicted octanol–water partition coefficient (Wildman–Crippen LogP) is 7.69. The van der Waals surface area contributed by atoms with Crippen molar-refractivity contribution in [2.45, 2.75) is 84.5 Å². The highest BCUT2D eigenvalue weighted by Gasteiger charge is 2.43. The minimum absolute atomic E-state index is 0.0820. The smallest absolute Gasteiger partial charge is 0.408 e. The van der Waals surface area contributed by atoms with Crippen molar-refractivity contribution in [2.24, 2.45) is 0 Å². The maximum Gasteiger partial charge on any atom is 0.408 e. The Hall–Kier alpha value is -4.85. The van der Waals surface area contributed by atoms with Crippen LogP contribution >= 0.6 is 0 Å². The molecule has 0 heterocycles. The summed E-state index contributed by atoms with van der Waals surface area (Å²) in [4.78, 5) is 44.0. The zero-order chi connectivity index (χ0) is 33.6. The number of phenolic OH excluding ortho intramolecular Hbond substituents is 1. The second-order valence-corrected chi connectivity index (χ2v) is 13.3. The van der Waals surface area contributed by atoms with Gasteiger partial charge in [0.2, 0.25) is 5.91 Å². The highest BCUT2D eigenvalue weighted by atomic mass is 16.6. The number of anilines is 1. The lowest BCUT2D eigenvalue weighted by Crippen LogP contribution is -2.59. The molecule has 4 aromatic carbocycles. The van der Waals surface area contributed by atoms with Crippen molar-refractivity contribution in [3.63, 3.8) is 0 Å². The number of aryl methyl sites for hydroxylation is 1. The molecule has 0 aromatic heterocycles. The molecule has 3 amide bonds. The number of amides is 3. The molecular weight excluding hydrogens is 578 g/mol. The molecule has 242 valence electrons. The highest BCUT2D eigenvalue weighted by molar-refractivity contribution is 6.00. The van der Waals surface area contributed by atoms with Gasteiger partial charge in [-0.05, 0) is 99.7 Å². The van der Waals surface area contributed by atoms with Crippen LogP contribution in [-0.2, 0) is 20.7 Å². The van der Waals surface area contributed by atoms with E-state index in [0.717, 1.165) is 16.3 Å². The molecule has 0 radical (unpaired) electrons. The highest BCUT2D eigenvalue weighted by Crippen LogP contribution is 2.35. The van der Waals surface area contributed by atoms with Gasteiger partial charge < -0.3 is 25.4 Å². The molecule has 0 aliphatic heterocycles. The van der Waals surface area contributed by atoms with E-state index in [1.807, 2.05) is 93.6 Å². The third kappa shape index (κ3) is 8.44. The van der Waals surface area contributed by atoms with E-state index in [9.17, 15) is 19.5 Å². The minimum Gasteiger partial charge on any atom is -0.508 e. The van der Waals surface area contributed by atoms with Crippen molar-refractivity contribution < 1.29 is 24.2 Å². The summed E-state index contributed by atoms with van der Waals surface area (Å²) in [6.07, 6.45) is -0.0308. The van der Waals surface area contributed by atoms with Crippen LogP contribution in [0.1, 0.15) is 70.7 Å². The van der Waals surface area contributed by atoms with Gasteiger partial charge in [-0.25, -0.2) is 4.79 Å². The van der Waals surface area contributed by atoms with Gasteiger partial charge in [-0.3, -0.25) is 9.59 Å². The van der Waals surface area contributed by atoms with E-state index in [2.05, 4.69) is 10.6 Å². The molecular formula is C38H45N3O5. The third-order valence-corrected chi connectivity index (χ3v) is 8.09. The van der Waals surface area contributed by atoms with Gasteiger partial charge in [-0.2, -0.15) is 0 Å². The Morgan fingerprint density at radius 3 is 2.13 bits per heavy atom. The van der Waals surface area contributed by atoms with Crippen molar-refractivity contribution in [2.75, 3.05) is 5.32 Å². The normalized spacial score (nSPS) is 13.0. The van der Waals surface area contributed by atoms with E-state index in [-0.39, 0.29) is 12.2 Å². The summed E-state index contributed by atoms with van der Waals surface area (Å²) in [5.41, 5.74) is 0.898. The Labute approximate surface area is 271 Å². The summed E-state index contributed by atoms with van der Waals surface area (Å²) in [5.74, 6) is -0.782. The zero-order valence-electron chi connectivity index (χ0n) is 27.8. The minimum atomic E-state index is -1.10. The summed E-state index contributed by atoms with van der Waals surface area (Å²) in [6, 6.07) is 25.7. The molecule has 0 saturated carbocycles. The molecule has 0 fully saturated rings. The van der Waals surface area contributed by atoms with Gasteiger partial charge >= 0.3 is 6.09 Å². The molecule has 0 aliphatic rings. The maximum absolute atomic E-state index is 14.9. The molecule has 46 heavy (non-hydrogen) atoms. The van der Waals surface area contributed by atoms with Crippen LogP contribution < -0.4 is 10.6 Å². The number of carbonyl (C=O) groups is 3. The number of nitrogens with one attached hydrogen (secondary N) is 2. The van der Waals surface area contributed by atoms with Crippen LogP contribution in [0.4, 0.5) is 10.5 Å². The fourth-order valence-corrected chi connectivity index (χ4v) is 5.36. The van der Waals surface area contributed by atoms with Crippen LogP contribution in [0.2, 0.25) is 0 Å². The fraction of sp³-hybridized carbons (Fsp3) is 0.342. The van der Waals surface area contributed by atoms with Gasteiger partial charge in [-0.1, -0.05) is 73.7 Å². The van der Waals surface area contributed by atoms with Crippen LogP contribution in [0, 0.1) is 6.92 Å². The molecule has 0 aliphatic carbocycles.